The molecule has 7 nitrogen and oxygen atoms in total. The number of nitrogens with zero attached hydrogens (tertiary/aromatic N) is 2. The third kappa shape index (κ3) is 53.5. The summed E-state index contributed by atoms with van der Waals surface area (Å²) in [7, 11) is 0. The maximum atomic E-state index is 11.3. The summed E-state index contributed by atoms with van der Waals surface area (Å²) in [6, 6.07) is 18.0. The second-order valence-electron chi connectivity index (χ2n) is 15.5. The first kappa shape index (κ1) is 106. The Balaban J connectivity index is -0.0000000928. The van der Waals surface area contributed by atoms with Crippen LogP contribution in [-0.2, 0) is 48.5 Å². The van der Waals surface area contributed by atoms with Crippen molar-refractivity contribution in [2.24, 2.45) is 0 Å². The first-order valence-corrected chi connectivity index (χ1v) is 40.5. The molecular weight excluding hydrogens is 1890 g/mol. The number of hydrogen-bond donors (Lipinski definition) is 2. The molecule has 4 radical (unpaired) electrons. The van der Waals surface area contributed by atoms with Crippen molar-refractivity contribution in [2.45, 2.75) is 221 Å². The number of likely N-dealkylation sites (tertiary alicyclic amines) is 2. The molecule has 0 bridgehead atoms. The first-order valence-electron chi connectivity index (χ1n) is 30.3. The predicted octanol–water partition coefficient (Wildman–Crippen LogP) is 22.4. The molecule has 3 aliphatic carbocycles. The van der Waals surface area contributed by atoms with Crippen molar-refractivity contribution >= 4 is 181 Å². The number of carbonyl (C=O) groups excluding carboxylic acids is 3. The molecule has 3 aliphatic heterocycles. The number of rotatable bonds is 8. The van der Waals surface area contributed by atoms with Gasteiger partial charge in [-0.3, -0.25) is 9.59 Å². The molecule has 6 aliphatic rings. The zero-order valence-corrected chi connectivity index (χ0v) is 73.1. The molecule has 3 heterocycles. The number of hydrogen-bond acceptors (Lipinski definition) is 7. The number of halogens is 7. The van der Waals surface area contributed by atoms with E-state index in [4.69, 9.17) is 5.11 Å². The van der Waals surface area contributed by atoms with Gasteiger partial charge in [0.05, 0.1) is 15.0 Å². The van der Waals surface area contributed by atoms with Crippen LogP contribution in [0.25, 0.3) is 0 Å². The Morgan fingerprint density at radius 1 is 0.524 bits per heavy atom. The van der Waals surface area contributed by atoms with E-state index in [0.717, 1.165) is 35.0 Å². The molecule has 3 aromatic rings. The number of aliphatic hydroxyl groups is 1. The van der Waals surface area contributed by atoms with Crippen LogP contribution in [0.1, 0.15) is 274 Å². The summed E-state index contributed by atoms with van der Waals surface area (Å²) in [5, 5.41) is 12.4. The zero-order valence-electron chi connectivity index (χ0n) is 55.2. The Bertz CT molecular complexity index is 1780. The summed E-state index contributed by atoms with van der Waals surface area (Å²) in [6.07, 6.45) is 13.4. The van der Waals surface area contributed by atoms with Crippen LogP contribution in [0.15, 0.2) is 54.6 Å². The number of piperidine rings is 3. The minimum Gasteiger partial charge on any atom is -0.392 e. The van der Waals surface area contributed by atoms with Crippen LogP contribution < -0.4 is 5.32 Å². The normalized spacial score (nSPS) is 15.4. The van der Waals surface area contributed by atoms with Gasteiger partial charge in [0.1, 0.15) is 6.22 Å². The molecule has 3 aromatic carbocycles. The SMILES string of the molecule is C1CCNCC1.CC.CC.CC.CC.CC.CC.CC.CC.CC.CC(=O)c1ccc2c(c1)[C@H]2C=O.CC(=O)c1ccc2c(c1)[C@H]2CN1CCCCC1.CI.IC(I)I.ICI.OCc1ccc2c(c1)[C@H]2CN1CCCCC1.[B]I.[V].[V]. The van der Waals surface area contributed by atoms with E-state index in [0.29, 0.717) is 17.4 Å². The van der Waals surface area contributed by atoms with Gasteiger partial charge >= 0.3 is 0 Å². The van der Waals surface area contributed by atoms with Crippen molar-refractivity contribution in [2.75, 3.05) is 59.7 Å². The molecule has 3 saturated heterocycles. The molecule has 478 valence electrons. The van der Waals surface area contributed by atoms with Gasteiger partial charge in [0.25, 0.3) is 0 Å². The van der Waals surface area contributed by atoms with Gasteiger partial charge in [-0.25, -0.2) is 0 Å². The molecule has 82 heavy (non-hydrogen) atoms. The fraction of sp³-hybridized carbons (Fsp3) is 0.677. The number of ketones is 2. The molecule has 0 spiro atoms. The van der Waals surface area contributed by atoms with E-state index in [-0.39, 0.29) is 61.2 Å². The molecule has 9 rings (SSSR count). The summed E-state index contributed by atoms with van der Waals surface area (Å²) in [4.78, 5) is 39.8. The minimum atomic E-state index is -0.0295. The number of nitrogens with one attached hydrogen (secondary N) is 1. The van der Waals surface area contributed by atoms with E-state index in [1.807, 2.05) is 142 Å². The average molecular weight is 2010 g/mol. The van der Waals surface area contributed by atoms with Crippen LogP contribution in [0.3, 0.4) is 0 Å². The Hall–Kier alpha value is 2.85. The summed E-state index contributed by atoms with van der Waals surface area (Å²) in [5.41, 5.74) is 15.0. The Morgan fingerprint density at radius 3 is 1.10 bits per heavy atom. The average Bonchev–Trinajstić information content (AvgIpc) is 4.52. The Kier molecular flexibility index (Phi) is 106. The molecule has 0 unspecified atom stereocenters. The quantitative estimate of drug-likeness (QED) is 0.0763. The van der Waals surface area contributed by atoms with Crippen LogP contribution >= 0.6 is 158 Å². The number of alkyl halides is 6. The molecule has 3 fully saturated rings. The van der Waals surface area contributed by atoms with Crippen LogP contribution in [0.4, 0.5) is 0 Å². The number of aliphatic hydroxyl groups excluding tert-OH is 1. The third-order valence-corrected chi connectivity index (χ3v) is 11.4. The van der Waals surface area contributed by atoms with E-state index >= 15 is 0 Å². The van der Waals surface area contributed by atoms with E-state index in [1.165, 1.54) is 135 Å². The molecule has 0 saturated carbocycles. The number of fused-ring (bicyclic) bond motifs is 3. The fourth-order valence-electron chi connectivity index (χ4n) is 7.97. The molecule has 2 N–H and O–H groups in total. The predicted molar refractivity (Wildman–Crippen MR) is 425 cm³/mol. The van der Waals surface area contributed by atoms with Crippen molar-refractivity contribution in [1.82, 2.24) is 15.1 Å². The zero-order chi connectivity index (χ0) is 64.0. The van der Waals surface area contributed by atoms with Gasteiger partial charge in [-0.1, -0.05) is 322 Å². The van der Waals surface area contributed by atoms with Crippen LogP contribution in [-0.4, -0.2) is 98.1 Å². The van der Waals surface area contributed by atoms with Crippen LogP contribution in [0.2, 0.25) is 0 Å². The monoisotopic (exact) mass is 2010 g/mol. The van der Waals surface area contributed by atoms with Crippen molar-refractivity contribution < 1.29 is 56.6 Å². The maximum absolute atomic E-state index is 11.3. The van der Waals surface area contributed by atoms with E-state index in [9.17, 15) is 14.4 Å². The van der Waals surface area contributed by atoms with Gasteiger partial charge in [-0.15, -0.1) is 0 Å². The standard InChI is InChI=1S/C15H19NO.C14H19NO.C10H8O2.C5H11N.9C2H6.CHI3.CH2I2.CH3I.BI.2V/c1-11(17)12-5-6-13-14(9-12)15(13)10-16-7-3-2-4-8-16;16-10-11-4-5-12-13(8-11)14(12)9-15-6-2-1-3-7-15;1-6(12)7-2-3-8-9(4-7)10(8)5-11;1-2-4-6-5-3-1;9*1-2;2-1(3)4;2-1-3;2*1-2;;/h5-6,9,15H,2-4,7-8,10H2,1H3;4-5,8,14,16H,1-3,6-7,9-10H2;2-5,10H,1H3;6H,1-5H2;9*1-2H3;1H;1H2;1H3;;;/t15-;14-;10-;;;;;;;;;;;;;;;;/m000................/s1. The Labute approximate surface area is 629 Å². The second-order valence-corrected chi connectivity index (χ2v) is 30.9. The van der Waals surface area contributed by atoms with Gasteiger partial charge in [0.15, 0.2) is 17.3 Å². The smallest absolute Gasteiger partial charge is 0.169 e. The summed E-state index contributed by atoms with van der Waals surface area (Å²) < 4.78 is 1.93. The molecule has 0 amide bonds. The van der Waals surface area contributed by atoms with Gasteiger partial charge in [-0.2, -0.15) is 22.4 Å². The molecule has 0 aromatic heterocycles. The van der Waals surface area contributed by atoms with Gasteiger partial charge in [0.2, 0.25) is 0 Å². The first-order chi connectivity index (χ1) is 39.0. The van der Waals surface area contributed by atoms with Crippen molar-refractivity contribution in [1.29, 1.82) is 0 Å². The maximum Gasteiger partial charge on any atom is 0.169 e. The van der Waals surface area contributed by atoms with Crippen LogP contribution in [0, 0.1) is 0 Å². The van der Waals surface area contributed by atoms with Crippen LogP contribution in [0.5, 0.6) is 0 Å². The second kappa shape index (κ2) is 81.9. The number of carbonyl (C=O) groups is 3. The molecule has 17 heteroatoms. The van der Waals surface area contributed by atoms with Gasteiger partial charge < -0.3 is 25.0 Å². The molecule has 3 atom stereocenters. The Morgan fingerprint density at radius 2 is 0.817 bits per heavy atom. The van der Waals surface area contributed by atoms with E-state index in [2.05, 4.69) is 187 Å². The van der Waals surface area contributed by atoms with E-state index < -0.39 is 0 Å². The van der Waals surface area contributed by atoms with Crippen molar-refractivity contribution in [3.8, 4) is 0 Å². The number of aldehydes is 1. The summed E-state index contributed by atoms with van der Waals surface area (Å²) in [6.45, 7) is 49.3. The fourth-order valence-corrected chi connectivity index (χ4v) is 7.97. The number of benzene rings is 3. The summed E-state index contributed by atoms with van der Waals surface area (Å²) in [5.74, 6) is 1.48. The van der Waals surface area contributed by atoms with Gasteiger partial charge in [-0.05, 0) is 148 Å². The minimum absolute atomic E-state index is 0. The summed E-state index contributed by atoms with van der Waals surface area (Å²) >= 11 is 15.3. The third-order valence-electron chi connectivity index (χ3n) is 11.4. The van der Waals surface area contributed by atoms with Gasteiger partial charge in [0, 0.05) is 73.2 Å². The topological polar surface area (TPSA) is 90.0 Å². The molecular formula is C65H117BI7N3O4V2. The largest absolute Gasteiger partial charge is 0.392 e. The van der Waals surface area contributed by atoms with Crippen molar-refractivity contribution in [3.05, 3.63) is 105 Å². The van der Waals surface area contributed by atoms with Crippen molar-refractivity contribution in [3.63, 3.8) is 0 Å². The van der Waals surface area contributed by atoms with E-state index in [1.54, 1.807) is 41.4 Å². The number of Topliss-reactive ketones (excluding diaryl/α,β-unsaturated/α-hetero) is 2.